The highest BCUT2D eigenvalue weighted by atomic mass is 19.1. The molecule has 1 N–H and O–H groups in total. The van der Waals surface area contributed by atoms with E-state index in [1.54, 1.807) is 13.0 Å². The van der Waals surface area contributed by atoms with E-state index in [-0.39, 0.29) is 23.2 Å². The minimum absolute atomic E-state index is 0.204. The average Bonchev–Trinajstić information content (AvgIpc) is 3.18. The number of rotatable bonds is 5. The van der Waals surface area contributed by atoms with Crippen LogP contribution in [0.5, 0.6) is 0 Å². The third-order valence-corrected chi connectivity index (χ3v) is 4.52. The summed E-state index contributed by atoms with van der Waals surface area (Å²) in [5, 5.41) is 6.71. The van der Waals surface area contributed by atoms with Gasteiger partial charge in [0.05, 0.1) is 18.7 Å². The molecule has 0 radical (unpaired) electrons. The first-order valence-electron chi connectivity index (χ1n) is 8.85. The Morgan fingerprint density at radius 3 is 2.71 bits per heavy atom. The van der Waals surface area contributed by atoms with Crippen LogP contribution in [0.15, 0.2) is 42.1 Å². The van der Waals surface area contributed by atoms with E-state index in [0.29, 0.717) is 17.8 Å². The minimum atomic E-state index is -0.817. The predicted molar refractivity (Wildman–Crippen MR) is 98.8 cm³/mol. The van der Waals surface area contributed by atoms with Crippen molar-refractivity contribution in [1.29, 1.82) is 0 Å². The topological polar surface area (TPSA) is 89.4 Å². The summed E-state index contributed by atoms with van der Waals surface area (Å²) in [5.74, 6) is -0.920. The number of nitrogens with one attached hydrogen (secondary N) is 1. The molecule has 2 amide bonds. The molecule has 28 heavy (non-hydrogen) atoms. The van der Waals surface area contributed by atoms with Gasteiger partial charge < -0.3 is 10.1 Å². The lowest BCUT2D eigenvalue weighted by Gasteiger charge is -2.36. The molecule has 1 aromatic carbocycles. The first kappa shape index (κ1) is 19.5. The van der Waals surface area contributed by atoms with Gasteiger partial charge in [0.25, 0.3) is 0 Å². The minimum Gasteiger partial charge on any atom is -0.466 e. The van der Waals surface area contributed by atoms with Crippen LogP contribution in [0.3, 0.4) is 0 Å². The van der Waals surface area contributed by atoms with Crippen molar-refractivity contribution in [3.63, 3.8) is 0 Å². The molecule has 0 saturated heterocycles. The maximum Gasteiger partial charge on any atom is 0.337 e. The number of ether oxygens (including phenoxy) is 1. The van der Waals surface area contributed by atoms with Crippen LogP contribution in [0, 0.1) is 11.7 Å². The highest BCUT2D eigenvalue weighted by Crippen LogP contribution is 2.32. The van der Waals surface area contributed by atoms with E-state index in [1.807, 2.05) is 13.8 Å². The molecular weight excluding hydrogens is 365 g/mol. The number of allylic oxidation sites excluding steroid dienone is 1. The van der Waals surface area contributed by atoms with Crippen LogP contribution >= 0.6 is 0 Å². The van der Waals surface area contributed by atoms with Crippen LogP contribution in [0.4, 0.5) is 9.18 Å². The van der Waals surface area contributed by atoms with Gasteiger partial charge in [-0.2, -0.15) is 5.10 Å². The van der Waals surface area contributed by atoms with Gasteiger partial charge in [0.2, 0.25) is 0 Å². The molecule has 0 spiro atoms. The molecule has 0 fully saturated rings. The summed E-state index contributed by atoms with van der Waals surface area (Å²) in [7, 11) is 1.28. The number of nitrogens with zero attached hydrogens (tertiary/aromatic N) is 4. The van der Waals surface area contributed by atoms with Gasteiger partial charge >= 0.3 is 12.0 Å². The third kappa shape index (κ3) is 3.60. The summed E-state index contributed by atoms with van der Waals surface area (Å²) in [4.78, 5) is 30.4. The zero-order valence-electron chi connectivity index (χ0n) is 16.1. The quantitative estimate of drug-likeness (QED) is 0.797. The standard InChI is InChI=1S/C19H22FN5O3/c1-11(2)8-24-12(3)16(18(26)28-4)17(23-19(24)27)13-5-6-15(14(20)7-13)25-10-21-9-22-25/h5-7,9-11,17H,8H2,1-4H3,(H,23,27)/t17-/m0/s1. The second kappa shape index (κ2) is 7.79. The SMILES string of the molecule is COC(=O)C1=C(C)N(CC(C)C)C(=O)N[C@H]1c1ccc(-n2cncn2)c(F)c1. The monoisotopic (exact) mass is 387 g/mol. The molecule has 1 aliphatic heterocycles. The van der Waals surface area contributed by atoms with Crippen molar-refractivity contribution in [1.82, 2.24) is 25.0 Å². The van der Waals surface area contributed by atoms with E-state index >= 15 is 0 Å². The zero-order valence-corrected chi connectivity index (χ0v) is 16.1. The Morgan fingerprint density at radius 1 is 1.39 bits per heavy atom. The highest BCUT2D eigenvalue weighted by molar-refractivity contribution is 5.95. The number of esters is 1. The lowest BCUT2D eigenvalue weighted by molar-refractivity contribution is -0.136. The number of hydrogen-bond donors (Lipinski definition) is 1. The van der Waals surface area contributed by atoms with Gasteiger partial charge in [-0.15, -0.1) is 0 Å². The van der Waals surface area contributed by atoms with Crippen molar-refractivity contribution in [2.75, 3.05) is 13.7 Å². The highest BCUT2D eigenvalue weighted by Gasteiger charge is 2.36. The van der Waals surface area contributed by atoms with Crippen molar-refractivity contribution in [3.05, 3.63) is 53.5 Å². The van der Waals surface area contributed by atoms with Crippen LogP contribution in [0.2, 0.25) is 0 Å². The van der Waals surface area contributed by atoms with E-state index in [1.165, 1.54) is 41.5 Å². The number of carbonyl (C=O) groups is 2. The fraction of sp³-hybridized carbons (Fsp3) is 0.368. The number of urea groups is 1. The van der Waals surface area contributed by atoms with Gasteiger partial charge in [-0.25, -0.2) is 23.6 Å². The molecule has 3 rings (SSSR count). The van der Waals surface area contributed by atoms with Crippen molar-refractivity contribution in [2.24, 2.45) is 5.92 Å². The van der Waals surface area contributed by atoms with Crippen molar-refractivity contribution in [3.8, 4) is 5.69 Å². The van der Waals surface area contributed by atoms with E-state index in [2.05, 4.69) is 15.4 Å². The Morgan fingerprint density at radius 2 is 2.14 bits per heavy atom. The number of hydrogen-bond acceptors (Lipinski definition) is 5. The van der Waals surface area contributed by atoms with Crippen LogP contribution in [-0.4, -0.2) is 45.3 Å². The molecule has 8 nitrogen and oxygen atoms in total. The van der Waals surface area contributed by atoms with Crippen LogP contribution in [-0.2, 0) is 9.53 Å². The fourth-order valence-corrected chi connectivity index (χ4v) is 3.21. The Hall–Kier alpha value is -3.23. The molecular formula is C19H22FN5O3. The summed E-state index contributed by atoms with van der Waals surface area (Å²) in [5.41, 5.74) is 1.41. The largest absolute Gasteiger partial charge is 0.466 e. The Labute approximate surface area is 162 Å². The Balaban J connectivity index is 2.04. The normalized spacial score (nSPS) is 17.1. The van der Waals surface area contributed by atoms with Crippen LogP contribution in [0.25, 0.3) is 5.69 Å². The van der Waals surface area contributed by atoms with E-state index in [9.17, 15) is 14.0 Å². The van der Waals surface area contributed by atoms with Gasteiger partial charge in [0, 0.05) is 12.2 Å². The molecule has 0 unspecified atom stereocenters. The zero-order chi connectivity index (χ0) is 20.4. The van der Waals surface area contributed by atoms with Gasteiger partial charge in [-0.05, 0) is 30.5 Å². The molecule has 2 aromatic rings. The summed E-state index contributed by atoms with van der Waals surface area (Å²) >= 11 is 0. The molecule has 0 saturated carbocycles. The number of carbonyl (C=O) groups excluding carboxylic acids is 2. The second-order valence-corrected chi connectivity index (χ2v) is 6.93. The number of amides is 2. The molecule has 0 aliphatic carbocycles. The Bertz CT molecular complexity index is 924. The van der Waals surface area contributed by atoms with Crippen LogP contribution in [0.1, 0.15) is 32.4 Å². The molecule has 0 bridgehead atoms. The van der Waals surface area contributed by atoms with E-state index in [0.717, 1.165) is 0 Å². The van der Waals surface area contributed by atoms with Crippen molar-refractivity contribution >= 4 is 12.0 Å². The molecule has 148 valence electrons. The first-order chi connectivity index (χ1) is 13.3. The Kier molecular flexibility index (Phi) is 5.43. The van der Waals surface area contributed by atoms with Gasteiger partial charge in [-0.1, -0.05) is 19.9 Å². The molecule has 1 aliphatic rings. The summed E-state index contributed by atoms with van der Waals surface area (Å²) in [6.45, 7) is 6.09. The number of halogens is 1. The number of aromatic nitrogens is 3. The van der Waals surface area contributed by atoms with Crippen molar-refractivity contribution < 1.29 is 18.7 Å². The maximum absolute atomic E-state index is 14.7. The first-order valence-corrected chi connectivity index (χ1v) is 8.85. The molecule has 9 heteroatoms. The fourth-order valence-electron chi connectivity index (χ4n) is 3.21. The van der Waals surface area contributed by atoms with E-state index in [4.69, 9.17) is 4.74 Å². The maximum atomic E-state index is 14.7. The smallest absolute Gasteiger partial charge is 0.337 e. The van der Waals surface area contributed by atoms with Crippen molar-refractivity contribution in [2.45, 2.75) is 26.8 Å². The predicted octanol–water partition coefficient (Wildman–Crippen LogP) is 2.58. The second-order valence-electron chi connectivity index (χ2n) is 6.93. The molecule has 2 heterocycles. The van der Waals surface area contributed by atoms with Gasteiger partial charge in [0.1, 0.15) is 24.2 Å². The summed E-state index contributed by atoms with van der Waals surface area (Å²) in [6.07, 6.45) is 2.69. The summed E-state index contributed by atoms with van der Waals surface area (Å²) in [6, 6.07) is 3.28. The third-order valence-electron chi connectivity index (χ3n) is 4.52. The molecule has 1 aromatic heterocycles. The average molecular weight is 387 g/mol. The van der Waals surface area contributed by atoms with Crippen LogP contribution < -0.4 is 5.32 Å². The number of benzene rings is 1. The lowest BCUT2D eigenvalue weighted by Crippen LogP contribution is -2.49. The van der Waals surface area contributed by atoms with Gasteiger partial charge in [0.15, 0.2) is 0 Å². The van der Waals surface area contributed by atoms with E-state index < -0.39 is 17.8 Å². The molecule has 1 atom stereocenters. The summed E-state index contributed by atoms with van der Waals surface area (Å²) < 4.78 is 20.9. The lowest BCUT2D eigenvalue weighted by atomic mass is 9.94. The number of methoxy groups -OCH3 is 1. The van der Waals surface area contributed by atoms with Gasteiger partial charge in [-0.3, -0.25) is 4.90 Å².